The first-order valence-corrected chi connectivity index (χ1v) is 10.2. The Morgan fingerprint density at radius 1 is 1.21 bits per heavy atom. The van der Waals surface area contributed by atoms with Gasteiger partial charge in [-0.1, -0.05) is 18.0 Å². The van der Waals surface area contributed by atoms with Crippen molar-refractivity contribution in [2.75, 3.05) is 5.32 Å². The summed E-state index contributed by atoms with van der Waals surface area (Å²) in [4.78, 5) is 32.8. The second-order valence-corrected chi connectivity index (χ2v) is 8.02. The van der Waals surface area contributed by atoms with Crippen molar-refractivity contribution in [1.29, 1.82) is 0 Å². The molecule has 0 radical (unpaired) electrons. The molecule has 2 unspecified atom stereocenters. The SMILES string of the molecule is CC(=O)NC1CCCC(C(=O)Nc2cc(-c3cnc4n3CCC4)c(Cl)cn2)C1. The molecule has 1 aliphatic carbocycles. The number of hydrogen-bond acceptors (Lipinski definition) is 4. The normalized spacial score (nSPS) is 21.2. The summed E-state index contributed by atoms with van der Waals surface area (Å²) in [7, 11) is 0. The van der Waals surface area contributed by atoms with Crippen LogP contribution < -0.4 is 10.6 Å². The number of carbonyl (C=O) groups is 2. The number of pyridine rings is 1. The first-order valence-electron chi connectivity index (χ1n) is 9.79. The van der Waals surface area contributed by atoms with Crippen LogP contribution in [0.4, 0.5) is 5.82 Å². The van der Waals surface area contributed by atoms with Gasteiger partial charge in [0.15, 0.2) is 0 Å². The summed E-state index contributed by atoms with van der Waals surface area (Å²) in [5.74, 6) is 1.31. The van der Waals surface area contributed by atoms with Crippen LogP contribution in [-0.4, -0.2) is 32.4 Å². The van der Waals surface area contributed by atoms with Crippen LogP contribution in [0.5, 0.6) is 0 Å². The quantitative estimate of drug-likeness (QED) is 0.823. The minimum atomic E-state index is -0.134. The topological polar surface area (TPSA) is 88.9 Å². The van der Waals surface area contributed by atoms with Crippen molar-refractivity contribution in [3.63, 3.8) is 0 Å². The number of nitrogens with zero attached hydrogens (tertiary/aromatic N) is 3. The smallest absolute Gasteiger partial charge is 0.228 e. The van der Waals surface area contributed by atoms with Gasteiger partial charge in [-0.15, -0.1) is 0 Å². The molecule has 148 valence electrons. The molecule has 0 saturated heterocycles. The van der Waals surface area contributed by atoms with Crippen LogP contribution in [0.15, 0.2) is 18.5 Å². The van der Waals surface area contributed by atoms with E-state index in [4.69, 9.17) is 11.6 Å². The van der Waals surface area contributed by atoms with Crippen molar-refractivity contribution in [2.24, 2.45) is 5.92 Å². The van der Waals surface area contributed by atoms with Crippen LogP contribution in [0, 0.1) is 5.92 Å². The first-order chi connectivity index (χ1) is 13.5. The van der Waals surface area contributed by atoms with Crippen LogP contribution in [0.1, 0.15) is 44.9 Å². The maximum absolute atomic E-state index is 12.8. The number of anilines is 1. The third-order valence-corrected chi connectivity index (χ3v) is 5.86. The van der Waals surface area contributed by atoms with E-state index in [2.05, 4.69) is 25.2 Å². The van der Waals surface area contributed by atoms with E-state index in [1.54, 1.807) is 6.20 Å². The summed E-state index contributed by atoms with van der Waals surface area (Å²) in [6, 6.07) is 1.88. The predicted octanol–water partition coefficient (Wildman–Crippen LogP) is 3.18. The summed E-state index contributed by atoms with van der Waals surface area (Å²) in [6.45, 7) is 2.44. The summed E-state index contributed by atoms with van der Waals surface area (Å²) >= 11 is 6.39. The molecule has 4 rings (SSSR count). The molecular formula is C20H24ClN5O2. The second-order valence-electron chi connectivity index (χ2n) is 7.61. The number of imidazole rings is 1. The van der Waals surface area contributed by atoms with Crippen molar-refractivity contribution in [2.45, 2.75) is 58.0 Å². The number of amides is 2. The summed E-state index contributed by atoms with van der Waals surface area (Å²) in [5.41, 5.74) is 1.78. The number of rotatable bonds is 4. The molecule has 28 heavy (non-hydrogen) atoms. The molecule has 1 saturated carbocycles. The van der Waals surface area contributed by atoms with E-state index in [0.29, 0.717) is 17.3 Å². The standard InChI is InChI=1S/C20H24ClN5O2/c1-12(27)24-14-5-2-4-13(8-14)20(28)25-18-9-15(16(21)10-22-18)17-11-23-19-6-3-7-26(17)19/h9-11,13-14H,2-8H2,1H3,(H,24,27)(H,22,25,28). The van der Waals surface area contributed by atoms with Gasteiger partial charge in [-0.3, -0.25) is 9.59 Å². The molecule has 2 atom stereocenters. The zero-order valence-electron chi connectivity index (χ0n) is 15.9. The van der Waals surface area contributed by atoms with E-state index in [-0.39, 0.29) is 23.8 Å². The van der Waals surface area contributed by atoms with Gasteiger partial charge in [0.25, 0.3) is 0 Å². The third kappa shape index (κ3) is 3.90. The van der Waals surface area contributed by atoms with Crippen molar-refractivity contribution < 1.29 is 9.59 Å². The molecule has 2 aliphatic rings. The lowest BCUT2D eigenvalue weighted by Crippen LogP contribution is -2.40. The molecule has 7 nitrogen and oxygen atoms in total. The van der Waals surface area contributed by atoms with Crippen LogP contribution in [0.25, 0.3) is 11.3 Å². The minimum absolute atomic E-state index is 0.0524. The molecular weight excluding hydrogens is 378 g/mol. The van der Waals surface area contributed by atoms with Gasteiger partial charge in [0, 0.05) is 43.6 Å². The maximum Gasteiger partial charge on any atom is 0.228 e. The maximum atomic E-state index is 12.8. The van der Waals surface area contributed by atoms with E-state index in [0.717, 1.165) is 55.7 Å². The monoisotopic (exact) mass is 401 g/mol. The van der Waals surface area contributed by atoms with Crippen LogP contribution in [0.2, 0.25) is 5.02 Å². The molecule has 1 aliphatic heterocycles. The fourth-order valence-corrected chi connectivity index (χ4v) is 4.45. The van der Waals surface area contributed by atoms with Gasteiger partial charge in [-0.05, 0) is 31.7 Å². The highest BCUT2D eigenvalue weighted by atomic mass is 35.5. The highest BCUT2D eigenvalue weighted by Crippen LogP contribution is 2.32. The molecule has 8 heteroatoms. The van der Waals surface area contributed by atoms with Gasteiger partial charge < -0.3 is 15.2 Å². The zero-order valence-corrected chi connectivity index (χ0v) is 16.6. The molecule has 1 fully saturated rings. The fourth-order valence-electron chi connectivity index (χ4n) is 4.25. The Morgan fingerprint density at radius 2 is 2.07 bits per heavy atom. The second kappa shape index (κ2) is 7.91. The Morgan fingerprint density at radius 3 is 2.89 bits per heavy atom. The molecule has 0 spiro atoms. The van der Waals surface area contributed by atoms with E-state index in [1.807, 2.05) is 12.3 Å². The van der Waals surface area contributed by atoms with Crippen molar-refractivity contribution in [3.05, 3.63) is 29.3 Å². The number of halogens is 1. The average molecular weight is 402 g/mol. The zero-order chi connectivity index (χ0) is 19.7. The van der Waals surface area contributed by atoms with Gasteiger partial charge in [0.05, 0.1) is 16.9 Å². The molecule has 2 aromatic heterocycles. The van der Waals surface area contributed by atoms with E-state index >= 15 is 0 Å². The van der Waals surface area contributed by atoms with Gasteiger partial charge in [0.1, 0.15) is 11.6 Å². The summed E-state index contributed by atoms with van der Waals surface area (Å²) in [6.07, 6.45) is 8.77. The minimum Gasteiger partial charge on any atom is -0.354 e. The van der Waals surface area contributed by atoms with Crippen LogP contribution in [-0.2, 0) is 22.6 Å². The number of nitrogens with one attached hydrogen (secondary N) is 2. The molecule has 3 heterocycles. The Labute approximate surface area is 168 Å². The van der Waals surface area contributed by atoms with Crippen molar-refractivity contribution >= 4 is 29.2 Å². The van der Waals surface area contributed by atoms with Gasteiger partial charge in [-0.25, -0.2) is 9.97 Å². The number of carbonyl (C=O) groups excluding carboxylic acids is 2. The van der Waals surface area contributed by atoms with E-state index in [9.17, 15) is 9.59 Å². The summed E-state index contributed by atoms with van der Waals surface area (Å²) < 4.78 is 2.17. The van der Waals surface area contributed by atoms with E-state index in [1.165, 1.54) is 6.92 Å². The number of fused-ring (bicyclic) bond motifs is 1. The lowest BCUT2D eigenvalue weighted by atomic mass is 9.85. The highest BCUT2D eigenvalue weighted by molar-refractivity contribution is 6.33. The Balaban J connectivity index is 1.49. The van der Waals surface area contributed by atoms with Crippen molar-refractivity contribution in [1.82, 2.24) is 19.9 Å². The number of aryl methyl sites for hydroxylation is 1. The van der Waals surface area contributed by atoms with E-state index < -0.39 is 0 Å². The number of aromatic nitrogens is 3. The molecule has 0 bridgehead atoms. The molecule has 2 N–H and O–H groups in total. The Hall–Kier alpha value is -2.41. The molecule has 0 aromatic carbocycles. The highest BCUT2D eigenvalue weighted by Gasteiger charge is 2.28. The third-order valence-electron chi connectivity index (χ3n) is 5.56. The Bertz CT molecular complexity index is 910. The van der Waals surface area contributed by atoms with Gasteiger partial charge in [-0.2, -0.15) is 0 Å². The van der Waals surface area contributed by atoms with Crippen LogP contribution in [0.3, 0.4) is 0 Å². The van der Waals surface area contributed by atoms with Gasteiger partial charge in [0.2, 0.25) is 11.8 Å². The average Bonchev–Trinajstić information content (AvgIpc) is 3.27. The largest absolute Gasteiger partial charge is 0.354 e. The lowest BCUT2D eigenvalue weighted by molar-refractivity contribution is -0.123. The lowest BCUT2D eigenvalue weighted by Gasteiger charge is -2.28. The molecule has 2 amide bonds. The Kier molecular flexibility index (Phi) is 5.35. The number of hydrogen-bond donors (Lipinski definition) is 2. The van der Waals surface area contributed by atoms with Crippen LogP contribution >= 0.6 is 11.6 Å². The summed E-state index contributed by atoms with van der Waals surface area (Å²) in [5, 5.41) is 6.40. The van der Waals surface area contributed by atoms with Crippen molar-refractivity contribution in [3.8, 4) is 11.3 Å². The predicted molar refractivity (Wildman–Crippen MR) is 107 cm³/mol. The van der Waals surface area contributed by atoms with Gasteiger partial charge >= 0.3 is 0 Å². The molecule has 2 aromatic rings. The fraction of sp³-hybridized carbons (Fsp3) is 0.500. The first kappa shape index (κ1) is 18.9.